The summed E-state index contributed by atoms with van der Waals surface area (Å²) in [5, 5.41) is 0. The minimum absolute atomic E-state index is 0.224. The van der Waals surface area contributed by atoms with E-state index in [-0.39, 0.29) is 6.16 Å². The number of hydrogen-bond acceptors (Lipinski definition) is 5. The zero-order valence-corrected chi connectivity index (χ0v) is 10.4. The maximum atomic E-state index is 12.2. The molecule has 1 aromatic heterocycles. The fraction of sp³-hybridized carbons (Fsp3) is 0.500. The van der Waals surface area contributed by atoms with E-state index >= 15 is 0 Å². The van der Waals surface area contributed by atoms with Gasteiger partial charge >= 0.3 is 7.60 Å². The van der Waals surface area contributed by atoms with Gasteiger partial charge in [0.25, 0.3) is 0 Å². The zero-order chi connectivity index (χ0) is 12.0. The Bertz CT molecular complexity index is 374. The Balaban J connectivity index is 2.79. The van der Waals surface area contributed by atoms with Crippen LogP contribution in [0.5, 0.6) is 0 Å². The SMILES string of the molecule is CCOP(=O)(Cc1ccnc(N)c1)OCC. The molecule has 5 nitrogen and oxygen atoms in total. The molecule has 0 aromatic carbocycles. The van der Waals surface area contributed by atoms with Crippen LogP contribution in [0.4, 0.5) is 5.82 Å². The predicted octanol–water partition coefficient (Wildman–Crippen LogP) is 2.43. The van der Waals surface area contributed by atoms with Crippen molar-refractivity contribution in [1.82, 2.24) is 4.98 Å². The van der Waals surface area contributed by atoms with Crippen LogP contribution in [0.2, 0.25) is 0 Å². The Hall–Kier alpha value is -0.900. The predicted molar refractivity (Wildman–Crippen MR) is 63.2 cm³/mol. The van der Waals surface area contributed by atoms with Gasteiger partial charge in [0.05, 0.1) is 19.4 Å². The second-order valence-corrected chi connectivity index (χ2v) is 5.25. The maximum absolute atomic E-state index is 12.2. The molecule has 0 unspecified atom stereocenters. The van der Waals surface area contributed by atoms with Crippen molar-refractivity contribution < 1.29 is 13.6 Å². The van der Waals surface area contributed by atoms with Gasteiger partial charge in [-0.1, -0.05) is 0 Å². The molecule has 0 aliphatic carbocycles. The number of pyridine rings is 1. The molecule has 1 rings (SSSR count). The van der Waals surface area contributed by atoms with E-state index in [1.807, 2.05) is 0 Å². The Labute approximate surface area is 95.5 Å². The molecule has 0 aliphatic heterocycles. The number of aromatic nitrogens is 1. The summed E-state index contributed by atoms with van der Waals surface area (Å²) in [6.45, 7) is 4.29. The van der Waals surface area contributed by atoms with E-state index in [0.29, 0.717) is 19.0 Å². The van der Waals surface area contributed by atoms with E-state index < -0.39 is 7.60 Å². The molecule has 0 atom stereocenters. The molecule has 0 bridgehead atoms. The quantitative estimate of drug-likeness (QED) is 0.778. The van der Waals surface area contributed by atoms with Gasteiger partial charge in [0.2, 0.25) is 0 Å². The smallest absolute Gasteiger partial charge is 0.335 e. The lowest BCUT2D eigenvalue weighted by Gasteiger charge is -2.16. The third kappa shape index (κ3) is 3.93. The fourth-order valence-corrected chi connectivity index (χ4v) is 3.03. The van der Waals surface area contributed by atoms with Crippen LogP contribution >= 0.6 is 7.60 Å². The highest BCUT2D eigenvalue weighted by Gasteiger charge is 2.23. The Kier molecular flexibility index (Phi) is 4.93. The van der Waals surface area contributed by atoms with Gasteiger partial charge in [-0.15, -0.1) is 0 Å². The number of rotatable bonds is 6. The van der Waals surface area contributed by atoms with Gasteiger partial charge in [-0.25, -0.2) is 4.98 Å². The molecule has 1 heterocycles. The molecule has 0 spiro atoms. The van der Waals surface area contributed by atoms with Gasteiger partial charge in [0.1, 0.15) is 5.82 Å². The fourth-order valence-electron chi connectivity index (χ4n) is 1.34. The third-order valence-corrected chi connectivity index (χ3v) is 3.93. The summed E-state index contributed by atoms with van der Waals surface area (Å²) in [5.74, 6) is 0.400. The number of nitrogen functional groups attached to an aromatic ring is 1. The summed E-state index contributed by atoms with van der Waals surface area (Å²) in [4.78, 5) is 3.87. The van der Waals surface area contributed by atoms with Crippen molar-refractivity contribution in [1.29, 1.82) is 0 Å². The molecular formula is C10H17N2O3P. The van der Waals surface area contributed by atoms with Crippen LogP contribution in [0.1, 0.15) is 19.4 Å². The molecule has 90 valence electrons. The van der Waals surface area contributed by atoms with Crippen LogP contribution in [-0.2, 0) is 19.8 Å². The highest BCUT2D eigenvalue weighted by Crippen LogP contribution is 2.51. The van der Waals surface area contributed by atoms with Crippen molar-refractivity contribution in [2.75, 3.05) is 18.9 Å². The Morgan fingerprint density at radius 2 is 2.00 bits per heavy atom. The van der Waals surface area contributed by atoms with Crippen molar-refractivity contribution in [2.45, 2.75) is 20.0 Å². The van der Waals surface area contributed by atoms with Crippen LogP contribution in [-0.4, -0.2) is 18.2 Å². The second-order valence-electron chi connectivity index (χ2n) is 3.19. The highest BCUT2D eigenvalue weighted by atomic mass is 31.2. The number of nitrogens with zero attached hydrogens (tertiary/aromatic N) is 1. The molecule has 16 heavy (non-hydrogen) atoms. The maximum Gasteiger partial charge on any atom is 0.335 e. The first-order valence-corrected chi connectivity index (χ1v) is 6.91. The van der Waals surface area contributed by atoms with Gasteiger partial charge in [0, 0.05) is 6.20 Å². The van der Waals surface area contributed by atoms with Gasteiger partial charge in [-0.3, -0.25) is 4.57 Å². The van der Waals surface area contributed by atoms with Crippen LogP contribution in [0, 0.1) is 0 Å². The molecule has 0 aliphatic rings. The van der Waals surface area contributed by atoms with E-state index in [2.05, 4.69) is 4.98 Å². The van der Waals surface area contributed by atoms with E-state index in [1.54, 1.807) is 32.2 Å². The van der Waals surface area contributed by atoms with Crippen molar-refractivity contribution in [2.24, 2.45) is 0 Å². The third-order valence-electron chi connectivity index (χ3n) is 1.87. The summed E-state index contributed by atoms with van der Waals surface area (Å²) in [6.07, 6.45) is 1.80. The van der Waals surface area contributed by atoms with Crippen LogP contribution in [0.15, 0.2) is 18.3 Å². The number of nitrogens with two attached hydrogens (primary N) is 1. The normalized spacial score (nSPS) is 11.6. The second kappa shape index (κ2) is 5.99. The monoisotopic (exact) mass is 244 g/mol. The van der Waals surface area contributed by atoms with E-state index in [1.165, 1.54) is 0 Å². The zero-order valence-electron chi connectivity index (χ0n) is 9.55. The molecule has 0 radical (unpaired) electrons. The van der Waals surface area contributed by atoms with Crippen molar-refractivity contribution in [3.8, 4) is 0 Å². The average Bonchev–Trinajstić information content (AvgIpc) is 2.17. The summed E-state index contributed by atoms with van der Waals surface area (Å²) in [7, 11) is -3.04. The van der Waals surface area contributed by atoms with E-state index in [9.17, 15) is 4.57 Å². The van der Waals surface area contributed by atoms with Crippen molar-refractivity contribution >= 4 is 13.4 Å². The van der Waals surface area contributed by atoms with Crippen molar-refractivity contribution in [3.05, 3.63) is 23.9 Å². The first kappa shape index (κ1) is 13.2. The van der Waals surface area contributed by atoms with Crippen LogP contribution in [0.25, 0.3) is 0 Å². The minimum atomic E-state index is -3.04. The standard InChI is InChI=1S/C10H17N2O3P/c1-3-14-16(13,15-4-2)8-9-5-6-12-10(11)7-9/h5-7H,3-4,8H2,1-2H3,(H2,11,12). The summed E-state index contributed by atoms with van der Waals surface area (Å²) in [5.41, 5.74) is 6.35. The largest absolute Gasteiger partial charge is 0.384 e. The number of anilines is 1. The summed E-state index contributed by atoms with van der Waals surface area (Å²) in [6, 6.07) is 3.42. The van der Waals surface area contributed by atoms with Gasteiger partial charge in [-0.05, 0) is 31.5 Å². The lowest BCUT2D eigenvalue weighted by atomic mass is 10.3. The van der Waals surface area contributed by atoms with Crippen molar-refractivity contribution in [3.63, 3.8) is 0 Å². The van der Waals surface area contributed by atoms with Gasteiger partial charge in [-0.2, -0.15) is 0 Å². The molecule has 6 heteroatoms. The number of hydrogen-bond donors (Lipinski definition) is 1. The average molecular weight is 244 g/mol. The summed E-state index contributed by atoms with van der Waals surface area (Å²) < 4.78 is 22.6. The Morgan fingerprint density at radius 1 is 1.38 bits per heavy atom. The van der Waals surface area contributed by atoms with E-state index in [0.717, 1.165) is 5.56 Å². The molecule has 0 saturated carbocycles. The molecular weight excluding hydrogens is 227 g/mol. The molecule has 2 N–H and O–H groups in total. The first-order chi connectivity index (χ1) is 7.59. The Morgan fingerprint density at radius 3 is 2.50 bits per heavy atom. The highest BCUT2D eigenvalue weighted by molar-refractivity contribution is 7.53. The van der Waals surface area contributed by atoms with E-state index in [4.69, 9.17) is 14.8 Å². The minimum Gasteiger partial charge on any atom is -0.384 e. The van der Waals surface area contributed by atoms with Gasteiger partial charge in [0.15, 0.2) is 0 Å². The molecule has 0 fully saturated rings. The van der Waals surface area contributed by atoms with Gasteiger partial charge < -0.3 is 14.8 Å². The molecule has 0 saturated heterocycles. The lowest BCUT2D eigenvalue weighted by molar-refractivity contribution is 0.219. The molecule has 0 amide bonds. The topological polar surface area (TPSA) is 74.4 Å². The molecule has 1 aromatic rings. The lowest BCUT2D eigenvalue weighted by Crippen LogP contribution is -2.00. The summed E-state index contributed by atoms with van der Waals surface area (Å²) >= 11 is 0. The van der Waals surface area contributed by atoms with Crippen LogP contribution in [0.3, 0.4) is 0 Å². The first-order valence-electron chi connectivity index (χ1n) is 5.18. The van der Waals surface area contributed by atoms with Crippen LogP contribution < -0.4 is 5.73 Å².